The molecule has 7 rings (SSSR count). The first kappa shape index (κ1) is 34.9. The summed E-state index contributed by atoms with van der Waals surface area (Å²) >= 11 is 0. The van der Waals surface area contributed by atoms with Crippen LogP contribution >= 0.6 is 0 Å². The number of carboxylic acids is 1. The van der Waals surface area contributed by atoms with Crippen molar-refractivity contribution in [1.29, 1.82) is 0 Å². The number of carbonyl (C=O) groups excluding carboxylic acids is 2. The summed E-state index contributed by atoms with van der Waals surface area (Å²) in [4.78, 5) is 114. The summed E-state index contributed by atoms with van der Waals surface area (Å²) in [6.45, 7) is 2.54. The summed E-state index contributed by atoms with van der Waals surface area (Å²) in [6.07, 6.45) is 0. The second kappa shape index (κ2) is 12.6. The van der Waals surface area contributed by atoms with Gasteiger partial charge in [0.05, 0.1) is 29.8 Å². The van der Waals surface area contributed by atoms with Crippen LogP contribution in [0, 0.1) is 13.8 Å². The number of aryl methyl sites for hydroxylation is 2. The molecule has 1 saturated heterocycles. The number of ether oxygens (including phenoxy) is 2. The SMILES string of the molecule is COc1c2ccc3c(=O)c4cc(C)n(CC(=O)N5CC(C(=O)O)NC(=O)C5C)c(=O)c4c(=O)c3c2c(OCOO)c2c(=O)c3cccc(C)c3c(=O)c12. The largest absolute Gasteiger partial charge is 0.495 e. The lowest BCUT2D eigenvalue weighted by Crippen LogP contribution is -2.63. The van der Waals surface area contributed by atoms with Crippen LogP contribution in [0.3, 0.4) is 0 Å². The van der Waals surface area contributed by atoms with Crippen LogP contribution in [0.15, 0.2) is 60.4 Å². The van der Waals surface area contributed by atoms with Crippen molar-refractivity contribution in [3.8, 4) is 11.5 Å². The summed E-state index contributed by atoms with van der Waals surface area (Å²) in [5.74, 6) is -3.36. The van der Waals surface area contributed by atoms with Gasteiger partial charge in [0, 0.05) is 43.4 Å². The minimum absolute atomic E-state index is 0.0365. The normalized spacial score (nSPS) is 16.2. The summed E-state index contributed by atoms with van der Waals surface area (Å²) in [6, 6.07) is 6.25. The molecule has 1 aromatic heterocycles. The Balaban J connectivity index is 1.58. The van der Waals surface area contributed by atoms with E-state index in [1.165, 1.54) is 45.2 Å². The Bertz CT molecular complexity index is 2930. The van der Waals surface area contributed by atoms with Gasteiger partial charge in [0.2, 0.25) is 24.0 Å². The van der Waals surface area contributed by atoms with Crippen molar-refractivity contribution in [2.75, 3.05) is 20.4 Å². The van der Waals surface area contributed by atoms with Gasteiger partial charge in [0.15, 0.2) is 16.3 Å². The Hall–Kier alpha value is -6.52. The Kier molecular flexibility index (Phi) is 8.30. The third-order valence-corrected chi connectivity index (χ3v) is 9.95. The van der Waals surface area contributed by atoms with E-state index in [2.05, 4.69) is 10.2 Å². The summed E-state index contributed by atoms with van der Waals surface area (Å²) in [7, 11) is 1.25. The lowest BCUT2D eigenvalue weighted by Gasteiger charge is -2.36. The number of pyridine rings is 1. The zero-order valence-corrected chi connectivity index (χ0v) is 28.5. The number of nitrogens with zero attached hydrogens (tertiary/aromatic N) is 2. The first-order valence-corrected chi connectivity index (χ1v) is 16.2. The fourth-order valence-corrected chi connectivity index (χ4v) is 7.38. The number of hydrogen-bond donors (Lipinski definition) is 3. The first-order chi connectivity index (χ1) is 25.2. The molecule has 2 amide bonds. The average Bonchev–Trinajstić information content (AvgIpc) is 3.12. The second-order valence-corrected chi connectivity index (χ2v) is 12.8. The van der Waals surface area contributed by atoms with Crippen molar-refractivity contribution in [3.63, 3.8) is 0 Å². The van der Waals surface area contributed by atoms with Crippen LogP contribution in [0.1, 0.15) is 18.2 Å². The van der Waals surface area contributed by atoms with Crippen molar-refractivity contribution < 1.29 is 39.1 Å². The number of nitrogens with one attached hydrogen (secondary N) is 1. The highest BCUT2D eigenvalue weighted by atomic mass is 17.1. The number of piperazine rings is 1. The molecule has 0 spiro atoms. The van der Waals surface area contributed by atoms with Gasteiger partial charge >= 0.3 is 5.97 Å². The highest BCUT2D eigenvalue weighted by Crippen LogP contribution is 2.43. The molecule has 0 radical (unpaired) electrons. The molecule has 0 bridgehead atoms. The molecule has 2 heterocycles. The molecular weight excluding hydrogens is 694 g/mol. The smallest absolute Gasteiger partial charge is 0.328 e. The number of methoxy groups -OCH3 is 1. The van der Waals surface area contributed by atoms with Gasteiger partial charge in [0.1, 0.15) is 30.1 Å². The molecule has 0 aliphatic carbocycles. The predicted octanol–water partition coefficient (Wildman–Crippen LogP) is 1.18. The average molecular weight is 724 g/mol. The van der Waals surface area contributed by atoms with Crippen LogP contribution in [0.2, 0.25) is 0 Å². The maximum atomic E-state index is 14.6. The fourth-order valence-electron chi connectivity index (χ4n) is 7.38. The van der Waals surface area contributed by atoms with Crippen molar-refractivity contribution in [1.82, 2.24) is 14.8 Å². The van der Waals surface area contributed by atoms with E-state index in [4.69, 9.17) is 9.47 Å². The third-order valence-electron chi connectivity index (χ3n) is 9.95. The highest BCUT2D eigenvalue weighted by Gasteiger charge is 2.38. The monoisotopic (exact) mass is 723 g/mol. The summed E-state index contributed by atoms with van der Waals surface area (Å²) in [5.41, 5.74) is -3.38. The molecule has 53 heavy (non-hydrogen) atoms. The molecule has 6 aromatic rings. The van der Waals surface area contributed by atoms with Crippen LogP contribution in [-0.4, -0.2) is 70.1 Å². The number of benzene rings is 5. The van der Waals surface area contributed by atoms with Crippen molar-refractivity contribution >= 4 is 71.6 Å². The zero-order valence-electron chi connectivity index (χ0n) is 28.5. The molecule has 3 N–H and O–H groups in total. The van der Waals surface area contributed by atoms with Crippen molar-refractivity contribution in [3.05, 3.63) is 98.9 Å². The molecule has 16 nitrogen and oxygen atoms in total. The van der Waals surface area contributed by atoms with Crippen LogP contribution in [0.25, 0.3) is 53.9 Å². The number of aliphatic carboxylic acids is 1. The number of carboxylic acid groups (broad SMARTS) is 1. The van der Waals surface area contributed by atoms with Crippen LogP contribution in [0.4, 0.5) is 0 Å². The topological polar surface area (TPSA) is 225 Å². The maximum Gasteiger partial charge on any atom is 0.328 e. The van der Waals surface area contributed by atoms with E-state index in [-0.39, 0.29) is 72.2 Å². The Morgan fingerprint density at radius 1 is 0.811 bits per heavy atom. The van der Waals surface area contributed by atoms with E-state index in [1.807, 2.05) is 0 Å². The molecule has 16 heteroatoms. The van der Waals surface area contributed by atoms with Gasteiger partial charge in [-0.2, -0.15) is 4.89 Å². The minimum atomic E-state index is -1.39. The van der Waals surface area contributed by atoms with Crippen LogP contribution in [0.5, 0.6) is 11.5 Å². The number of fused-ring (bicyclic) bond motifs is 6. The Morgan fingerprint density at radius 3 is 2.15 bits per heavy atom. The lowest BCUT2D eigenvalue weighted by molar-refractivity contribution is -0.278. The van der Waals surface area contributed by atoms with Gasteiger partial charge in [-0.1, -0.05) is 18.2 Å². The quantitative estimate of drug-likeness (QED) is 0.0693. The van der Waals surface area contributed by atoms with Crippen molar-refractivity contribution in [2.45, 2.75) is 39.4 Å². The molecule has 1 fully saturated rings. The maximum absolute atomic E-state index is 14.6. The minimum Gasteiger partial charge on any atom is -0.495 e. The molecule has 270 valence electrons. The van der Waals surface area contributed by atoms with Crippen LogP contribution in [-0.2, 0) is 25.8 Å². The second-order valence-electron chi connectivity index (χ2n) is 12.8. The van der Waals surface area contributed by atoms with Crippen LogP contribution < -0.4 is 42.1 Å². The molecule has 5 aromatic carbocycles. The lowest BCUT2D eigenvalue weighted by atomic mass is 9.91. The van der Waals surface area contributed by atoms with E-state index in [0.29, 0.717) is 5.56 Å². The summed E-state index contributed by atoms with van der Waals surface area (Å²) in [5, 5.41) is 19.2. The first-order valence-electron chi connectivity index (χ1n) is 16.2. The van der Waals surface area contributed by atoms with E-state index in [9.17, 15) is 48.7 Å². The van der Waals surface area contributed by atoms with E-state index < -0.39 is 75.9 Å². The Labute approximate surface area is 295 Å². The van der Waals surface area contributed by atoms with Gasteiger partial charge in [-0.3, -0.25) is 33.6 Å². The number of carbonyl (C=O) groups is 3. The summed E-state index contributed by atoms with van der Waals surface area (Å²) < 4.78 is 12.4. The molecule has 1 aliphatic rings. The number of aromatic nitrogens is 1. The zero-order chi connectivity index (χ0) is 38.2. The molecular formula is C37H29N3O13. The highest BCUT2D eigenvalue weighted by molar-refractivity contribution is 6.23. The number of rotatable bonds is 7. The van der Waals surface area contributed by atoms with Gasteiger partial charge in [-0.25, -0.2) is 10.1 Å². The Morgan fingerprint density at radius 2 is 1.47 bits per heavy atom. The van der Waals surface area contributed by atoms with E-state index in [1.54, 1.807) is 19.1 Å². The third kappa shape index (κ3) is 5.05. The van der Waals surface area contributed by atoms with Gasteiger partial charge < -0.3 is 29.4 Å². The fraction of sp³-hybridized carbons (Fsp3) is 0.243. The van der Waals surface area contributed by atoms with E-state index in [0.717, 1.165) is 9.47 Å². The molecule has 2 unspecified atom stereocenters. The van der Waals surface area contributed by atoms with Gasteiger partial charge in [0.25, 0.3) is 5.56 Å². The molecule has 2 atom stereocenters. The number of amides is 2. The van der Waals surface area contributed by atoms with Crippen molar-refractivity contribution in [2.24, 2.45) is 0 Å². The van der Waals surface area contributed by atoms with Gasteiger partial charge in [-0.15, -0.1) is 0 Å². The molecule has 1 aliphatic heterocycles. The molecule has 0 saturated carbocycles. The van der Waals surface area contributed by atoms with E-state index >= 15 is 0 Å². The van der Waals surface area contributed by atoms with Gasteiger partial charge in [-0.05, 0) is 44.5 Å². The number of hydrogen-bond acceptors (Lipinski definition) is 12. The standard InChI is InChI=1S/C37H29N3O13/c1-14-6-5-7-17-23(14)31(44)28-27(30(17)43)34(52-13-53-50)25-19(33(28)51-4)9-8-18-24(25)32(45)26-20(29(18)42)10-15(2)39(36(26)47)12-22(41)40-11-21(37(48)49)38-35(46)16(40)3/h5-10,16,21,50H,11-13H2,1-4H3,(H,38,46)(H,48,49). The predicted molar refractivity (Wildman–Crippen MR) is 192 cm³/mol.